The monoisotopic (exact) mass is 276 g/mol. The van der Waals surface area contributed by atoms with E-state index in [1.54, 1.807) is 0 Å². The van der Waals surface area contributed by atoms with Crippen LogP contribution in [0.4, 0.5) is 35.1 Å². The van der Waals surface area contributed by atoms with E-state index in [1.165, 1.54) is 0 Å². The van der Waals surface area contributed by atoms with Crippen molar-refractivity contribution in [2.24, 2.45) is 0 Å². The summed E-state index contributed by atoms with van der Waals surface area (Å²) in [6.45, 7) is -2.92. The van der Waals surface area contributed by atoms with E-state index in [0.29, 0.717) is 0 Å². The molecule has 0 aliphatic rings. The molecule has 0 aliphatic heterocycles. The van der Waals surface area contributed by atoms with Crippen molar-refractivity contribution >= 4 is 5.97 Å². The summed E-state index contributed by atoms with van der Waals surface area (Å²) in [4.78, 5) is 9.97. The van der Waals surface area contributed by atoms with Gasteiger partial charge in [-0.05, 0) is 0 Å². The van der Waals surface area contributed by atoms with Crippen LogP contribution in [-0.4, -0.2) is 37.6 Å². The average Bonchev–Trinajstić information content (AvgIpc) is 2.08. The number of carbonyl (C=O) groups excluding carboxylic acids is 1. The molecule has 0 saturated heterocycles. The first-order chi connectivity index (χ1) is 7.38. The van der Waals surface area contributed by atoms with Crippen LogP contribution in [0.1, 0.15) is 0 Å². The van der Waals surface area contributed by atoms with Crippen LogP contribution in [0.25, 0.3) is 0 Å². The Bertz CT molecular complexity index is 267. The van der Waals surface area contributed by atoms with E-state index in [-0.39, 0.29) is 0 Å². The lowest BCUT2D eigenvalue weighted by Gasteiger charge is -2.19. The Morgan fingerprint density at radius 2 is 1.35 bits per heavy atom. The molecule has 11 heteroatoms. The van der Waals surface area contributed by atoms with Gasteiger partial charge in [0.25, 0.3) is 0 Å². The molecule has 102 valence electrons. The van der Waals surface area contributed by atoms with Crippen molar-refractivity contribution in [2.45, 2.75) is 18.5 Å². The zero-order chi connectivity index (χ0) is 13.9. The summed E-state index contributed by atoms with van der Waals surface area (Å²) in [6, 6.07) is 0. The van der Waals surface area contributed by atoms with E-state index in [1.807, 2.05) is 0 Å². The van der Waals surface area contributed by atoms with E-state index in [0.717, 1.165) is 0 Å². The summed E-state index contributed by atoms with van der Waals surface area (Å²) in [7, 11) is 0. The largest absolute Gasteiger partial charge is 0.490 e. The molecular weight excluding hydrogens is 272 g/mol. The van der Waals surface area contributed by atoms with Gasteiger partial charge < -0.3 is 9.47 Å². The SMILES string of the molecule is O=C(OCCOC(F)(F)C(F)(F)F)C(F)(F)F. The molecule has 17 heavy (non-hydrogen) atoms. The average molecular weight is 276 g/mol. The lowest BCUT2D eigenvalue weighted by molar-refractivity contribution is -0.392. The predicted molar refractivity (Wildman–Crippen MR) is 34.0 cm³/mol. The molecular formula is C6H4F8O3. The number of carbonyl (C=O) groups is 1. The fourth-order valence-corrected chi connectivity index (χ4v) is 0.468. The molecule has 0 radical (unpaired) electrons. The van der Waals surface area contributed by atoms with Crippen LogP contribution in [0.5, 0.6) is 0 Å². The summed E-state index contributed by atoms with van der Waals surface area (Å²) >= 11 is 0. The van der Waals surface area contributed by atoms with Gasteiger partial charge in [-0.2, -0.15) is 35.1 Å². The molecule has 0 saturated carbocycles. The van der Waals surface area contributed by atoms with Crippen LogP contribution in [0.2, 0.25) is 0 Å². The normalized spacial score (nSPS) is 13.6. The minimum absolute atomic E-state index is 1.38. The highest BCUT2D eigenvalue weighted by atomic mass is 19.4. The molecule has 0 amide bonds. The fraction of sp³-hybridized carbons (Fsp3) is 0.833. The maximum absolute atomic E-state index is 12.0. The van der Waals surface area contributed by atoms with E-state index in [9.17, 15) is 39.9 Å². The number of ether oxygens (including phenoxy) is 2. The summed E-state index contributed by atoms with van der Waals surface area (Å²) in [5.74, 6) is -2.71. The lowest BCUT2D eigenvalue weighted by Crippen LogP contribution is -2.40. The molecule has 0 bridgehead atoms. The minimum atomic E-state index is -6.00. The highest BCUT2D eigenvalue weighted by molar-refractivity contribution is 5.75. The maximum Gasteiger partial charge on any atom is 0.490 e. The topological polar surface area (TPSA) is 35.5 Å². The van der Waals surface area contributed by atoms with Gasteiger partial charge in [0.15, 0.2) is 0 Å². The Hall–Kier alpha value is -1.13. The highest BCUT2D eigenvalue weighted by Crippen LogP contribution is 2.36. The van der Waals surface area contributed by atoms with Gasteiger partial charge in [-0.25, -0.2) is 4.79 Å². The van der Waals surface area contributed by atoms with Crippen LogP contribution in [-0.2, 0) is 14.3 Å². The molecule has 0 aromatic rings. The maximum atomic E-state index is 12.0. The van der Waals surface area contributed by atoms with E-state index in [4.69, 9.17) is 0 Å². The fourth-order valence-electron chi connectivity index (χ4n) is 0.468. The first kappa shape index (κ1) is 15.9. The Labute approximate surface area is 88.3 Å². The van der Waals surface area contributed by atoms with Gasteiger partial charge in [0.1, 0.15) is 6.61 Å². The summed E-state index contributed by atoms with van der Waals surface area (Å²) < 4.78 is 98.9. The van der Waals surface area contributed by atoms with Crippen LogP contribution < -0.4 is 0 Å². The summed E-state index contributed by atoms with van der Waals surface area (Å²) in [5, 5.41) is 0. The number of rotatable bonds is 4. The molecule has 0 fully saturated rings. The molecule has 0 atom stereocenters. The third-order valence-corrected chi connectivity index (χ3v) is 1.16. The van der Waals surface area contributed by atoms with E-state index in [2.05, 4.69) is 9.47 Å². The van der Waals surface area contributed by atoms with Crippen molar-refractivity contribution in [3.8, 4) is 0 Å². The Balaban J connectivity index is 3.99. The third kappa shape index (κ3) is 5.15. The van der Waals surface area contributed by atoms with Crippen LogP contribution in [0.3, 0.4) is 0 Å². The van der Waals surface area contributed by atoms with Crippen molar-refractivity contribution in [3.63, 3.8) is 0 Å². The van der Waals surface area contributed by atoms with Crippen molar-refractivity contribution in [1.29, 1.82) is 0 Å². The Kier molecular flexibility index (Phi) is 4.69. The quantitative estimate of drug-likeness (QED) is 0.449. The molecule has 0 aliphatic carbocycles. The number of hydrogen-bond donors (Lipinski definition) is 0. The van der Waals surface area contributed by atoms with Gasteiger partial charge in [-0.15, -0.1) is 0 Å². The zero-order valence-electron chi connectivity index (χ0n) is 7.66. The Morgan fingerprint density at radius 3 is 1.71 bits per heavy atom. The number of esters is 1. The molecule has 0 heterocycles. The van der Waals surface area contributed by atoms with Crippen LogP contribution in [0.15, 0.2) is 0 Å². The second-order valence-electron chi connectivity index (χ2n) is 2.50. The van der Waals surface area contributed by atoms with E-state index >= 15 is 0 Å². The van der Waals surface area contributed by atoms with Gasteiger partial charge in [0.2, 0.25) is 0 Å². The van der Waals surface area contributed by atoms with E-state index < -0.39 is 37.6 Å². The number of halogens is 8. The predicted octanol–water partition coefficient (Wildman–Crippen LogP) is 2.26. The zero-order valence-corrected chi connectivity index (χ0v) is 7.66. The van der Waals surface area contributed by atoms with Gasteiger partial charge in [-0.3, -0.25) is 0 Å². The number of hydrogen-bond acceptors (Lipinski definition) is 3. The first-order valence-electron chi connectivity index (χ1n) is 3.70. The van der Waals surface area contributed by atoms with Gasteiger partial charge in [0.05, 0.1) is 6.61 Å². The van der Waals surface area contributed by atoms with Crippen molar-refractivity contribution < 1.29 is 49.4 Å². The lowest BCUT2D eigenvalue weighted by atomic mass is 10.6. The molecule has 0 rings (SSSR count). The van der Waals surface area contributed by atoms with Gasteiger partial charge in [0, 0.05) is 0 Å². The second kappa shape index (κ2) is 5.02. The number of alkyl halides is 8. The van der Waals surface area contributed by atoms with Crippen LogP contribution >= 0.6 is 0 Å². The van der Waals surface area contributed by atoms with Crippen LogP contribution in [0, 0.1) is 0 Å². The molecule has 0 spiro atoms. The third-order valence-electron chi connectivity index (χ3n) is 1.16. The molecule has 3 nitrogen and oxygen atoms in total. The second-order valence-corrected chi connectivity index (χ2v) is 2.50. The Morgan fingerprint density at radius 1 is 0.882 bits per heavy atom. The summed E-state index contributed by atoms with van der Waals surface area (Å²) in [5.41, 5.74) is 0. The molecule has 0 N–H and O–H groups in total. The first-order valence-corrected chi connectivity index (χ1v) is 3.70. The smallest absolute Gasteiger partial charge is 0.457 e. The minimum Gasteiger partial charge on any atom is -0.457 e. The van der Waals surface area contributed by atoms with Gasteiger partial charge >= 0.3 is 24.4 Å². The van der Waals surface area contributed by atoms with Crippen molar-refractivity contribution in [2.75, 3.05) is 13.2 Å². The highest BCUT2D eigenvalue weighted by Gasteiger charge is 2.59. The standard InChI is InChI=1S/C6H4F8O3/c7-4(8,9)3(15)16-1-2-17-6(13,14)5(10,11)12/h1-2H2. The summed E-state index contributed by atoms with van der Waals surface area (Å²) in [6.07, 6.45) is -16.9. The molecule has 0 aromatic carbocycles. The molecule has 0 aromatic heterocycles. The molecule has 0 unspecified atom stereocenters. The van der Waals surface area contributed by atoms with Crippen molar-refractivity contribution in [1.82, 2.24) is 0 Å². The van der Waals surface area contributed by atoms with Crippen molar-refractivity contribution in [3.05, 3.63) is 0 Å². The van der Waals surface area contributed by atoms with Gasteiger partial charge in [-0.1, -0.05) is 0 Å².